The van der Waals surface area contributed by atoms with Gasteiger partial charge in [-0.3, -0.25) is 9.48 Å². The van der Waals surface area contributed by atoms with E-state index in [4.69, 9.17) is 0 Å². The highest BCUT2D eigenvalue weighted by Crippen LogP contribution is 2.19. The van der Waals surface area contributed by atoms with Crippen LogP contribution >= 0.6 is 0 Å². The van der Waals surface area contributed by atoms with Crippen molar-refractivity contribution in [3.8, 4) is 0 Å². The van der Waals surface area contributed by atoms with E-state index >= 15 is 0 Å². The highest BCUT2D eigenvalue weighted by Gasteiger charge is 2.41. The van der Waals surface area contributed by atoms with Crippen LogP contribution in [0.25, 0.3) is 0 Å². The Morgan fingerprint density at radius 1 is 1.57 bits per heavy atom. The summed E-state index contributed by atoms with van der Waals surface area (Å²) in [5.41, 5.74) is -0.661. The predicted molar refractivity (Wildman–Crippen MR) is 40.7 cm³/mol. The molecule has 1 aromatic rings. The molecule has 1 aromatic heterocycles. The minimum atomic E-state index is -4.88. The second-order valence-corrected chi connectivity index (χ2v) is 2.69. The van der Waals surface area contributed by atoms with Crippen LogP contribution in [0.4, 0.5) is 13.2 Å². The first-order valence-electron chi connectivity index (χ1n) is 3.96. The Kier molecular flexibility index (Phi) is 2.87. The summed E-state index contributed by atoms with van der Waals surface area (Å²) < 4.78 is 36.9. The zero-order valence-electron chi connectivity index (χ0n) is 7.38. The molecule has 0 aliphatic heterocycles. The molecule has 78 valence electrons. The van der Waals surface area contributed by atoms with Crippen LogP contribution in [-0.4, -0.2) is 27.0 Å². The molecule has 0 N–H and O–H groups in total. The lowest BCUT2D eigenvalue weighted by atomic mass is 10.3. The second-order valence-electron chi connectivity index (χ2n) is 2.69. The number of aryl methyl sites for hydroxylation is 1. The molecule has 0 radical (unpaired) electrons. The standard InChI is InChI=1S/C7H8F3N3O/c1-2-3-13-4-5(11-12-13)6(14)7(8,9)10/h4H,2-3H2,1H3. The van der Waals surface area contributed by atoms with Gasteiger partial charge in [0.1, 0.15) is 0 Å². The summed E-state index contributed by atoms with van der Waals surface area (Å²) in [5, 5.41) is 6.53. The zero-order valence-corrected chi connectivity index (χ0v) is 7.38. The summed E-state index contributed by atoms with van der Waals surface area (Å²) in [6.45, 7) is 2.28. The van der Waals surface area contributed by atoms with Crippen molar-refractivity contribution < 1.29 is 18.0 Å². The molecule has 0 bridgehead atoms. The smallest absolute Gasteiger partial charge is 0.282 e. The van der Waals surface area contributed by atoms with Gasteiger partial charge in [-0.05, 0) is 6.42 Å². The maximum atomic E-state index is 11.9. The van der Waals surface area contributed by atoms with Gasteiger partial charge in [0.15, 0.2) is 5.69 Å². The maximum Gasteiger partial charge on any atom is 0.456 e. The van der Waals surface area contributed by atoms with Gasteiger partial charge in [-0.15, -0.1) is 5.10 Å². The molecular formula is C7H8F3N3O. The molecule has 0 amide bonds. The van der Waals surface area contributed by atoms with Gasteiger partial charge in [0.25, 0.3) is 5.78 Å². The zero-order chi connectivity index (χ0) is 10.8. The second kappa shape index (κ2) is 3.77. The first-order valence-corrected chi connectivity index (χ1v) is 3.96. The summed E-state index contributed by atoms with van der Waals surface area (Å²) in [6, 6.07) is 0. The number of aromatic nitrogens is 3. The van der Waals surface area contributed by atoms with Crippen LogP contribution in [0.1, 0.15) is 23.8 Å². The Morgan fingerprint density at radius 3 is 2.71 bits per heavy atom. The number of hydrogen-bond acceptors (Lipinski definition) is 3. The van der Waals surface area contributed by atoms with E-state index in [2.05, 4.69) is 10.3 Å². The highest BCUT2D eigenvalue weighted by molar-refractivity contribution is 5.98. The minimum absolute atomic E-state index is 0.443. The summed E-state index contributed by atoms with van der Waals surface area (Å²) in [6.07, 6.45) is -3.17. The van der Waals surface area contributed by atoms with Gasteiger partial charge in [0, 0.05) is 6.54 Å². The van der Waals surface area contributed by atoms with Crippen molar-refractivity contribution in [3.63, 3.8) is 0 Å². The van der Waals surface area contributed by atoms with Crippen LogP contribution < -0.4 is 0 Å². The Hall–Kier alpha value is -1.40. The van der Waals surface area contributed by atoms with Crippen molar-refractivity contribution in [2.75, 3.05) is 0 Å². The van der Waals surface area contributed by atoms with Crippen LogP contribution in [-0.2, 0) is 6.54 Å². The number of carbonyl (C=O) groups is 1. The summed E-state index contributed by atoms with van der Waals surface area (Å²) >= 11 is 0. The number of ketones is 1. The van der Waals surface area contributed by atoms with Gasteiger partial charge >= 0.3 is 6.18 Å². The fourth-order valence-corrected chi connectivity index (χ4v) is 0.886. The molecule has 7 heteroatoms. The fraction of sp³-hybridized carbons (Fsp3) is 0.571. The van der Waals surface area contributed by atoms with Crippen LogP contribution in [0.5, 0.6) is 0 Å². The third kappa shape index (κ3) is 2.30. The number of nitrogens with zero attached hydrogens (tertiary/aromatic N) is 3. The van der Waals surface area contributed by atoms with Gasteiger partial charge < -0.3 is 0 Å². The lowest BCUT2D eigenvalue weighted by molar-refractivity contribution is -0.0888. The third-order valence-electron chi connectivity index (χ3n) is 1.48. The number of rotatable bonds is 3. The Morgan fingerprint density at radius 2 is 2.21 bits per heavy atom. The topological polar surface area (TPSA) is 47.8 Å². The largest absolute Gasteiger partial charge is 0.456 e. The first-order chi connectivity index (χ1) is 6.45. The van der Waals surface area contributed by atoms with Crippen molar-refractivity contribution in [3.05, 3.63) is 11.9 Å². The van der Waals surface area contributed by atoms with E-state index in [1.54, 1.807) is 0 Å². The summed E-state index contributed by atoms with van der Waals surface area (Å²) in [5.74, 6) is -1.96. The summed E-state index contributed by atoms with van der Waals surface area (Å²) in [4.78, 5) is 10.6. The monoisotopic (exact) mass is 207 g/mol. The van der Waals surface area contributed by atoms with Crippen molar-refractivity contribution in [1.29, 1.82) is 0 Å². The van der Waals surface area contributed by atoms with Crippen LogP contribution in [0, 0.1) is 0 Å². The van der Waals surface area contributed by atoms with Gasteiger partial charge in [0.05, 0.1) is 6.20 Å². The van der Waals surface area contributed by atoms with E-state index in [9.17, 15) is 18.0 Å². The predicted octanol–water partition coefficient (Wildman–Crippen LogP) is 1.43. The quantitative estimate of drug-likeness (QED) is 0.704. The molecule has 14 heavy (non-hydrogen) atoms. The van der Waals surface area contributed by atoms with Crippen LogP contribution in [0.3, 0.4) is 0 Å². The number of carbonyl (C=O) groups excluding carboxylic acids is 1. The van der Waals surface area contributed by atoms with Crippen molar-refractivity contribution in [2.24, 2.45) is 0 Å². The number of Topliss-reactive ketones (excluding diaryl/α,β-unsaturated/α-hetero) is 1. The van der Waals surface area contributed by atoms with Crippen LogP contribution in [0.15, 0.2) is 6.20 Å². The van der Waals surface area contributed by atoms with Crippen molar-refractivity contribution >= 4 is 5.78 Å². The molecule has 0 saturated carbocycles. The van der Waals surface area contributed by atoms with Gasteiger partial charge in [-0.1, -0.05) is 12.1 Å². The molecule has 0 aliphatic rings. The molecule has 1 rings (SSSR count). The number of alkyl halides is 3. The van der Waals surface area contributed by atoms with Crippen molar-refractivity contribution in [2.45, 2.75) is 26.1 Å². The SMILES string of the molecule is CCCn1cc(C(=O)C(F)(F)F)nn1. The number of halogens is 3. The van der Waals surface area contributed by atoms with E-state index in [0.717, 1.165) is 6.20 Å². The molecule has 0 atom stereocenters. The van der Waals surface area contributed by atoms with Gasteiger partial charge in [-0.2, -0.15) is 13.2 Å². The highest BCUT2D eigenvalue weighted by atomic mass is 19.4. The average Bonchev–Trinajstić information content (AvgIpc) is 2.50. The molecule has 0 unspecified atom stereocenters. The molecule has 0 aliphatic carbocycles. The Bertz CT molecular complexity index is 331. The minimum Gasteiger partial charge on any atom is -0.282 e. The Balaban J connectivity index is 2.82. The molecule has 0 fully saturated rings. The van der Waals surface area contributed by atoms with E-state index in [1.807, 2.05) is 6.92 Å². The molecule has 0 aromatic carbocycles. The van der Waals surface area contributed by atoms with E-state index in [0.29, 0.717) is 13.0 Å². The first kappa shape index (κ1) is 10.7. The van der Waals surface area contributed by atoms with E-state index < -0.39 is 17.7 Å². The molecule has 1 heterocycles. The molecule has 0 spiro atoms. The van der Waals surface area contributed by atoms with Crippen LogP contribution in [0.2, 0.25) is 0 Å². The van der Waals surface area contributed by atoms with E-state index in [1.165, 1.54) is 4.68 Å². The van der Waals surface area contributed by atoms with Crippen molar-refractivity contribution in [1.82, 2.24) is 15.0 Å². The molecule has 0 saturated heterocycles. The Labute approximate surface area is 77.7 Å². The summed E-state index contributed by atoms with van der Waals surface area (Å²) in [7, 11) is 0. The van der Waals surface area contributed by atoms with E-state index in [-0.39, 0.29) is 0 Å². The average molecular weight is 207 g/mol. The number of hydrogen-bond donors (Lipinski definition) is 0. The third-order valence-corrected chi connectivity index (χ3v) is 1.48. The lowest BCUT2D eigenvalue weighted by Gasteiger charge is -1.99. The lowest BCUT2D eigenvalue weighted by Crippen LogP contribution is -2.23. The normalized spacial score (nSPS) is 11.7. The van der Waals surface area contributed by atoms with Gasteiger partial charge in [0.2, 0.25) is 0 Å². The molecular weight excluding hydrogens is 199 g/mol. The van der Waals surface area contributed by atoms with Gasteiger partial charge in [-0.25, -0.2) is 0 Å². The fourth-order valence-electron chi connectivity index (χ4n) is 0.886. The molecule has 4 nitrogen and oxygen atoms in total. The maximum absolute atomic E-state index is 11.9.